The van der Waals surface area contributed by atoms with E-state index in [1.165, 1.54) is 27.4 Å². The second-order valence-corrected chi connectivity index (χ2v) is 5.60. The number of hydrogen-bond acceptors (Lipinski definition) is 6. The van der Waals surface area contributed by atoms with Gasteiger partial charge < -0.3 is 18.9 Å². The molecule has 142 valence electrons. The van der Waals surface area contributed by atoms with Gasteiger partial charge in [0.05, 0.1) is 21.3 Å². The highest BCUT2D eigenvalue weighted by molar-refractivity contribution is 6.01. The van der Waals surface area contributed by atoms with Crippen molar-refractivity contribution in [3.8, 4) is 17.2 Å². The quantitative estimate of drug-likeness (QED) is 0.402. The Morgan fingerprint density at radius 2 is 1.52 bits per heavy atom. The molecule has 2 aromatic rings. The second kappa shape index (κ2) is 9.43. The van der Waals surface area contributed by atoms with Crippen LogP contribution in [0.4, 0.5) is 0 Å². The maximum absolute atomic E-state index is 12.2. The van der Waals surface area contributed by atoms with Gasteiger partial charge in [-0.15, -0.1) is 0 Å². The molecule has 2 rings (SSSR count). The predicted octanol–water partition coefficient (Wildman–Crippen LogP) is 3.54. The Morgan fingerprint density at radius 1 is 0.926 bits per heavy atom. The highest BCUT2D eigenvalue weighted by atomic mass is 16.5. The molecule has 27 heavy (non-hydrogen) atoms. The first-order valence-electron chi connectivity index (χ1n) is 8.28. The summed E-state index contributed by atoms with van der Waals surface area (Å²) in [6, 6.07) is 12.1. The summed E-state index contributed by atoms with van der Waals surface area (Å²) in [6.07, 6.45) is 1.91. The smallest absolute Gasteiger partial charge is 0.331 e. The Balaban J connectivity index is 2.09. The van der Waals surface area contributed by atoms with Crippen molar-refractivity contribution in [3.63, 3.8) is 0 Å². The molecule has 0 aliphatic carbocycles. The largest absolute Gasteiger partial charge is 0.493 e. The van der Waals surface area contributed by atoms with E-state index in [4.69, 9.17) is 18.9 Å². The number of hydrogen-bond donors (Lipinski definition) is 0. The van der Waals surface area contributed by atoms with Gasteiger partial charge in [-0.25, -0.2) is 4.79 Å². The molecule has 6 nitrogen and oxygen atoms in total. The van der Waals surface area contributed by atoms with Gasteiger partial charge in [-0.3, -0.25) is 4.79 Å². The summed E-state index contributed by atoms with van der Waals surface area (Å²) < 4.78 is 21.0. The zero-order chi connectivity index (χ0) is 19.8. The lowest BCUT2D eigenvalue weighted by molar-refractivity contribution is -0.140. The summed E-state index contributed by atoms with van der Waals surface area (Å²) in [5.41, 5.74) is 1.15. The standard InChI is InChI=1S/C21H22O6/c1-14(20(23)16-8-6-5-7-9-16)27-19(22)11-10-15-12-17(24-2)21(26-4)18(13-15)25-3/h5-14H,1-4H3/b11-10+. The summed E-state index contributed by atoms with van der Waals surface area (Å²) >= 11 is 0. The normalized spacial score (nSPS) is 11.7. The number of methoxy groups -OCH3 is 3. The van der Waals surface area contributed by atoms with Gasteiger partial charge in [0, 0.05) is 11.6 Å². The Labute approximate surface area is 158 Å². The van der Waals surface area contributed by atoms with E-state index in [2.05, 4.69) is 0 Å². The molecule has 0 amide bonds. The lowest BCUT2D eigenvalue weighted by atomic mass is 10.1. The summed E-state index contributed by atoms with van der Waals surface area (Å²) in [6.45, 7) is 1.54. The maximum Gasteiger partial charge on any atom is 0.331 e. The van der Waals surface area contributed by atoms with Gasteiger partial charge in [0.15, 0.2) is 17.6 Å². The van der Waals surface area contributed by atoms with Crippen molar-refractivity contribution >= 4 is 17.8 Å². The molecule has 0 heterocycles. The summed E-state index contributed by atoms with van der Waals surface area (Å²) in [5, 5.41) is 0. The van der Waals surface area contributed by atoms with Crippen LogP contribution in [-0.4, -0.2) is 39.2 Å². The van der Waals surface area contributed by atoms with Gasteiger partial charge in [-0.1, -0.05) is 30.3 Å². The molecule has 0 aromatic heterocycles. The third kappa shape index (κ3) is 5.10. The third-order valence-corrected chi connectivity index (χ3v) is 3.82. The van der Waals surface area contributed by atoms with Crippen LogP contribution in [-0.2, 0) is 9.53 Å². The van der Waals surface area contributed by atoms with E-state index in [1.807, 2.05) is 6.07 Å². The van der Waals surface area contributed by atoms with Crippen LogP contribution in [0.25, 0.3) is 6.08 Å². The first-order valence-corrected chi connectivity index (χ1v) is 8.28. The van der Waals surface area contributed by atoms with Gasteiger partial charge in [0.2, 0.25) is 11.5 Å². The van der Waals surface area contributed by atoms with Gasteiger partial charge in [-0.05, 0) is 30.7 Å². The molecule has 0 bridgehead atoms. The summed E-state index contributed by atoms with van der Waals surface area (Å²) in [7, 11) is 4.53. The minimum absolute atomic E-state index is 0.259. The number of benzene rings is 2. The molecule has 0 spiro atoms. The average molecular weight is 370 g/mol. The Hall–Kier alpha value is -3.28. The van der Waals surface area contributed by atoms with Gasteiger partial charge in [0.25, 0.3) is 0 Å². The molecule has 0 N–H and O–H groups in total. The topological polar surface area (TPSA) is 71.1 Å². The predicted molar refractivity (Wildman–Crippen MR) is 101 cm³/mol. The molecule has 0 radical (unpaired) electrons. The average Bonchev–Trinajstić information content (AvgIpc) is 2.71. The van der Waals surface area contributed by atoms with Crippen molar-refractivity contribution in [2.75, 3.05) is 21.3 Å². The van der Waals surface area contributed by atoms with Crippen LogP contribution in [0.15, 0.2) is 48.5 Å². The summed E-state index contributed by atoms with van der Waals surface area (Å²) in [5.74, 6) is 0.516. The number of ether oxygens (including phenoxy) is 4. The highest BCUT2D eigenvalue weighted by Gasteiger charge is 2.18. The van der Waals surface area contributed by atoms with Crippen LogP contribution in [0.5, 0.6) is 17.2 Å². The first kappa shape index (κ1) is 20.0. The van der Waals surface area contributed by atoms with Crippen molar-refractivity contribution in [2.24, 2.45) is 0 Å². The van der Waals surface area contributed by atoms with Crippen molar-refractivity contribution in [1.82, 2.24) is 0 Å². The molecular weight excluding hydrogens is 348 g/mol. The van der Waals surface area contributed by atoms with Crippen LogP contribution < -0.4 is 14.2 Å². The van der Waals surface area contributed by atoms with Crippen LogP contribution in [0.1, 0.15) is 22.8 Å². The van der Waals surface area contributed by atoms with E-state index < -0.39 is 12.1 Å². The number of Topliss-reactive ketones (excluding diaryl/α,β-unsaturated/α-hetero) is 1. The van der Waals surface area contributed by atoms with Crippen molar-refractivity contribution < 1.29 is 28.5 Å². The molecule has 0 aliphatic heterocycles. The van der Waals surface area contributed by atoms with Crippen molar-refractivity contribution in [2.45, 2.75) is 13.0 Å². The van der Waals surface area contributed by atoms with Crippen molar-refractivity contribution in [3.05, 3.63) is 59.7 Å². The van der Waals surface area contributed by atoms with Gasteiger partial charge in [0.1, 0.15) is 0 Å². The van der Waals surface area contributed by atoms with Crippen LogP contribution in [0, 0.1) is 0 Å². The van der Waals surface area contributed by atoms with Crippen molar-refractivity contribution in [1.29, 1.82) is 0 Å². The molecule has 0 saturated heterocycles. The Bertz CT molecular complexity index is 801. The molecule has 0 saturated carbocycles. The fourth-order valence-corrected chi connectivity index (χ4v) is 2.47. The van der Waals surface area contributed by atoms with E-state index in [0.717, 1.165) is 0 Å². The lowest BCUT2D eigenvalue weighted by Crippen LogP contribution is -2.23. The Morgan fingerprint density at radius 3 is 2.04 bits per heavy atom. The number of ketones is 1. The highest BCUT2D eigenvalue weighted by Crippen LogP contribution is 2.38. The fourth-order valence-electron chi connectivity index (χ4n) is 2.47. The first-order chi connectivity index (χ1) is 13.0. The van der Waals surface area contributed by atoms with E-state index in [0.29, 0.717) is 28.4 Å². The molecule has 1 atom stereocenters. The van der Waals surface area contributed by atoms with E-state index >= 15 is 0 Å². The Kier molecular flexibility index (Phi) is 7.00. The summed E-state index contributed by atoms with van der Waals surface area (Å²) in [4.78, 5) is 24.3. The van der Waals surface area contributed by atoms with E-state index in [-0.39, 0.29) is 5.78 Å². The van der Waals surface area contributed by atoms with Gasteiger partial charge in [-0.2, -0.15) is 0 Å². The number of rotatable bonds is 8. The third-order valence-electron chi connectivity index (χ3n) is 3.82. The zero-order valence-electron chi connectivity index (χ0n) is 15.7. The molecule has 0 aliphatic rings. The maximum atomic E-state index is 12.2. The van der Waals surface area contributed by atoms with Crippen LogP contribution in [0.3, 0.4) is 0 Å². The second-order valence-electron chi connectivity index (χ2n) is 5.60. The number of carbonyl (C=O) groups is 2. The van der Waals surface area contributed by atoms with E-state index in [9.17, 15) is 9.59 Å². The number of esters is 1. The monoisotopic (exact) mass is 370 g/mol. The minimum atomic E-state index is -0.885. The minimum Gasteiger partial charge on any atom is -0.493 e. The molecule has 6 heteroatoms. The van der Waals surface area contributed by atoms with Gasteiger partial charge >= 0.3 is 5.97 Å². The SMILES string of the molecule is COc1cc(/C=C/C(=O)OC(C)C(=O)c2ccccc2)cc(OC)c1OC. The molecule has 1 unspecified atom stereocenters. The van der Waals surface area contributed by atoms with Crippen LogP contribution in [0.2, 0.25) is 0 Å². The molecule has 0 fully saturated rings. The molecular formula is C21H22O6. The lowest BCUT2D eigenvalue weighted by Gasteiger charge is -2.13. The molecule has 2 aromatic carbocycles. The van der Waals surface area contributed by atoms with Crippen LogP contribution >= 0.6 is 0 Å². The fraction of sp³-hybridized carbons (Fsp3) is 0.238. The zero-order valence-corrected chi connectivity index (χ0v) is 15.7. The number of carbonyl (C=O) groups excluding carboxylic acids is 2. The van der Waals surface area contributed by atoms with E-state index in [1.54, 1.807) is 49.4 Å².